The summed E-state index contributed by atoms with van der Waals surface area (Å²) in [5.41, 5.74) is 3.22. The van der Waals surface area contributed by atoms with E-state index in [1.165, 1.54) is 12.0 Å². The number of methoxy groups -OCH3 is 1. The van der Waals surface area contributed by atoms with Crippen molar-refractivity contribution in [1.29, 1.82) is 0 Å². The lowest BCUT2D eigenvalue weighted by Gasteiger charge is -2.16. The molecule has 0 aromatic heterocycles. The van der Waals surface area contributed by atoms with Gasteiger partial charge in [-0.2, -0.15) is 0 Å². The van der Waals surface area contributed by atoms with Crippen molar-refractivity contribution < 1.29 is 28.7 Å². The minimum atomic E-state index is -0.649. The Kier molecular flexibility index (Phi) is 7.66. The van der Waals surface area contributed by atoms with Gasteiger partial charge in [0, 0.05) is 18.7 Å². The highest BCUT2D eigenvalue weighted by molar-refractivity contribution is 6.00. The van der Waals surface area contributed by atoms with E-state index >= 15 is 0 Å². The van der Waals surface area contributed by atoms with Crippen molar-refractivity contribution in [2.75, 3.05) is 37.0 Å². The number of esters is 1. The number of ether oxygens (including phenoxy) is 2. The molecule has 3 rings (SSSR count). The quantitative estimate of drug-likeness (QED) is 0.591. The normalized spacial score (nSPS) is 15.2. The van der Waals surface area contributed by atoms with E-state index in [0.717, 1.165) is 16.8 Å². The van der Waals surface area contributed by atoms with Gasteiger partial charge in [0.05, 0.1) is 25.3 Å². The minimum Gasteiger partial charge on any atom is -0.495 e. The largest absolute Gasteiger partial charge is 0.495 e. The summed E-state index contributed by atoms with van der Waals surface area (Å²) in [5, 5.41) is 5.07. The molecule has 2 aromatic rings. The van der Waals surface area contributed by atoms with Gasteiger partial charge < -0.3 is 25.0 Å². The van der Waals surface area contributed by atoms with Crippen molar-refractivity contribution in [3.63, 3.8) is 0 Å². The second kappa shape index (κ2) is 10.6. The van der Waals surface area contributed by atoms with Gasteiger partial charge in [-0.3, -0.25) is 19.2 Å². The molecule has 2 N–H and O–H groups in total. The van der Waals surface area contributed by atoms with Gasteiger partial charge in [-0.25, -0.2) is 0 Å². The second-order valence-electron chi connectivity index (χ2n) is 7.88. The molecule has 1 heterocycles. The number of anilines is 2. The third-order valence-corrected chi connectivity index (χ3v) is 5.22. The zero-order valence-corrected chi connectivity index (χ0v) is 18.8. The van der Waals surface area contributed by atoms with Gasteiger partial charge in [0.15, 0.2) is 6.61 Å². The fourth-order valence-corrected chi connectivity index (χ4v) is 3.44. The summed E-state index contributed by atoms with van der Waals surface area (Å²) in [6, 6.07) is 12.8. The Labute approximate surface area is 192 Å². The summed E-state index contributed by atoms with van der Waals surface area (Å²) >= 11 is 0. The van der Waals surface area contributed by atoms with Crippen molar-refractivity contribution >= 4 is 35.1 Å². The number of nitrogens with one attached hydrogen (secondary N) is 2. The van der Waals surface area contributed by atoms with Crippen LogP contribution >= 0.6 is 0 Å². The number of hydrogen-bond donors (Lipinski definition) is 2. The Hall–Kier alpha value is -3.88. The third-order valence-electron chi connectivity index (χ3n) is 5.22. The Balaban J connectivity index is 1.43. The monoisotopic (exact) mass is 453 g/mol. The lowest BCUT2D eigenvalue weighted by molar-refractivity contribution is -0.152. The van der Waals surface area contributed by atoms with E-state index in [-0.39, 0.29) is 25.4 Å². The summed E-state index contributed by atoms with van der Waals surface area (Å²) in [6.07, 6.45) is 0.0229. The molecular weight excluding hydrogens is 426 g/mol. The van der Waals surface area contributed by atoms with Crippen molar-refractivity contribution in [2.45, 2.75) is 20.3 Å². The Bertz CT molecular complexity index is 1050. The first-order chi connectivity index (χ1) is 15.8. The van der Waals surface area contributed by atoms with Gasteiger partial charge in [-0.15, -0.1) is 0 Å². The molecule has 1 fully saturated rings. The van der Waals surface area contributed by atoms with Crippen LogP contribution in [0.15, 0.2) is 42.5 Å². The van der Waals surface area contributed by atoms with Crippen LogP contribution < -0.4 is 20.3 Å². The van der Waals surface area contributed by atoms with Crippen LogP contribution in [0.1, 0.15) is 17.5 Å². The molecule has 0 radical (unpaired) electrons. The lowest BCUT2D eigenvalue weighted by atomic mass is 10.1. The van der Waals surface area contributed by atoms with Crippen molar-refractivity contribution in [3.8, 4) is 5.75 Å². The van der Waals surface area contributed by atoms with Crippen LogP contribution in [0, 0.1) is 19.8 Å². The Morgan fingerprint density at radius 3 is 2.42 bits per heavy atom. The van der Waals surface area contributed by atoms with Crippen LogP contribution in [0.2, 0.25) is 0 Å². The molecule has 1 atom stereocenters. The molecule has 0 unspecified atom stereocenters. The fraction of sp³-hybridized carbons (Fsp3) is 0.333. The predicted octanol–water partition coefficient (Wildman–Crippen LogP) is 1.96. The highest BCUT2D eigenvalue weighted by Crippen LogP contribution is 2.26. The molecular formula is C24H27N3O6. The molecule has 3 amide bonds. The van der Waals surface area contributed by atoms with E-state index in [2.05, 4.69) is 10.6 Å². The molecule has 174 valence electrons. The first-order valence-corrected chi connectivity index (χ1v) is 10.5. The van der Waals surface area contributed by atoms with E-state index < -0.39 is 30.3 Å². The number of carbonyl (C=O) groups excluding carboxylic acids is 4. The molecule has 1 saturated heterocycles. The number of nitrogens with zero attached hydrogens (tertiary/aromatic N) is 1. The van der Waals surface area contributed by atoms with E-state index in [4.69, 9.17) is 9.47 Å². The van der Waals surface area contributed by atoms with Crippen LogP contribution in [-0.2, 0) is 23.9 Å². The number of aryl methyl sites for hydroxylation is 2. The Morgan fingerprint density at radius 1 is 1.03 bits per heavy atom. The number of rotatable bonds is 8. The number of benzene rings is 2. The number of hydrogen-bond acceptors (Lipinski definition) is 6. The van der Waals surface area contributed by atoms with Crippen LogP contribution in [0.25, 0.3) is 0 Å². The smallest absolute Gasteiger partial charge is 0.311 e. The van der Waals surface area contributed by atoms with Crippen LogP contribution in [0.3, 0.4) is 0 Å². The zero-order chi connectivity index (χ0) is 24.0. The maximum Gasteiger partial charge on any atom is 0.311 e. The second-order valence-corrected chi connectivity index (χ2v) is 7.88. The molecule has 0 saturated carbocycles. The predicted molar refractivity (Wildman–Crippen MR) is 122 cm³/mol. The molecule has 1 aliphatic rings. The van der Waals surface area contributed by atoms with Crippen LogP contribution in [0.4, 0.5) is 11.4 Å². The summed E-state index contributed by atoms with van der Waals surface area (Å²) in [5.74, 6) is -2.01. The van der Waals surface area contributed by atoms with Crippen LogP contribution in [-0.4, -0.2) is 50.5 Å². The van der Waals surface area contributed by atoms with Gasteiger partial charge in [-0.05, 0) is 43.7 Å². The highest BCUT2D eigenvalue weighted by Gasteiger charge is 2.36. The summed E-state index contributed by atoms with van der Waals surface area (Å²) in [6.45, 7) is 3.20. The van der Waals surface area contributed by atoms with Crippen molar-refractivity contribution in [1.82, 2.24) is 5.32 Å². The third kappa shape index (κ3) is 6.31. The highest BCUT2D eigenvalue weighted by atomic mass is 16.5. The molecule has 1 aliphatic heterocycles. The van der Waals surface area contributed by atoms with E-state index in [1.54, 1.807) is 12.1 Å². The molecule has 9 heteroatoms. The first kappa shape index (κ1) is 23.8. The molecule has 9 nitrogen and oxygen atoms in total. The summed E-state index contributed by atoms with van der Waals surface area (Å²) < 4.78 is 10.3. The van der Waals surface area contributed by atoms with Gasteiger partial charge in [0.2, 0.25) is 11.8 Å². The minimum absolute atomic E-state index is 0.0229. The van der Waals surface area contributed by atoms with Crippen LogP contribution in [0.5, 0.6) is 5.75 Å². The van der Waals surface area contributed by atoms with E-state index in [1.807, 2.05) is 44.2 Å². The molecule has 0 bridgehead atoms. The molecule has 2 aromatic carbocycles. The summed E-state index contributed by atoms with van der Waals surface area (Å²) in [4.78, 5) is 50.3. The van der Waals surface area contributed by atoms with E-state index in [9.17, 15) is 19.2 Å². The molecule has 0 aliphatic carbocycles. The lowest BCUT2D eigenvalue weighted by Crippen LogP contribution is -2.36. The fourth-order valence-electron chi connectivity index (χ4n) is 3.44. The van der Waals surface area contributed by atoms with Gasteiger partial charge >= 0.3 is 5.97 Å². The molecule has 33 heavy (non-hydrogen) atoms. The van der Waals surface area contributed by atoms with E-state index in [0.29, 0.717) is 11.4 Å². The number of carbonyl (C=O) groups is 4. The van der Waals surface area contributed by atoms with Crippen molar-refractivity contribution in [3.05, 3.63) is 53.6 Å². The topological polar surface area (TPSA) is 114 Å². The maximum atomic E-state index is 12.3. The van der Waals surface area contributed by atoms with Gasteiger partial charge in [-0.1, -0.05) is 23.8 Å². The Morgan fingerprint density at radius 2 is 1.73 bits per heavy atom. The van der Waals surface area contributed by atoms with Gasteiger partial charge in [0.1, 0.15) is 5.75 Å². The average molecular weight is 453 g/mol. The van der Waals surface area contributed by atoms with Crippen molar-refractivity contribution in [2.24, 2.45) is 5.92 Å². The first-order valence-electron chi connectivity index (χ1n) is 10.5. The zero-order valence-electron chi connectivity index (χ0n) is 18.8. The summed E-state index contributed by atoms with van der Waals surface area (Å²) in [7, 11) is 1.49. The SMILES string of the molecule is COc1ccc(C)cc1NC(=O)CNC(=O)COC(=O)[C@@H]1CC(=O)N(c2ccc(C)cc2)C1. The average Bonchev–Trinajstić information content (AvgIpc) is 3.18. The maximum absolute atomic E-state index is 12.3. The number of amides is 3. The van der Waals surface area contributed by atoms with Gasteiger partial charge in [0.25, 0.3) is 5.91 Å². The standard InChI is InChI=1S/C24H27N3O6/c1-15-4-7-18(8-5-15)27-13-17(11-23(27)30)24(31)33-14-22(29)25-12-21(28)26-19-10-16(2)6-9-20(19)32-3/h4-10,17H,11-14H2,1-3H3,(H,25,29)(H,26,28)/t17-/m1/s1. The molecule has 0 spiro atoms.